The first-order valence-electron chi connectivity index (χ1n) is 5.73. The summed E-state index contributed by atoms with van der Waals surface area (Å²) in [6, 6.07) is 3.25. The van der Waals surface area contributed by atoms with Gasteiger partial charge in [0.25, 0.3) is 0 Å². The minimum absolute atomic E-state index is 0.0905. The zero-order valence-corrected chi connectivity index (χ0v) is 13.1. The van der Waals surface area contributed by atoms with E-state index in [4.69, 9.17) is 17.4 Å². The Labute approximate surface area is 124 Å². The van der Waals surface area contributed by atoms with E-state index >= 15 is 0 Å². The van der Waals surface area contributed by atoms with E-state index in [0.717, 1.165) is 18.6 Å². The molecular weight excluding hydrogens is 339 g/mol. The topological polar surface area (TPSA) is 38.0 Å². The van der Waals surface area contributed by atoms with Crippen molar-refractivity contribution in [3.63, 3.8) is 0 Å². The Hall–Kier alpha value is 0.190. The maximum atomic E-state index is 14.3. The van der Waals surface area contributed by atoms with Gasteiger partial charge in [-0.25, -0.2) is 4.39 Å². The molecule has 1 aromatic carbocycles. The number of thioether (sulfide) groups is 1. The van der Waals surface area contributed by atoms with Crippen LogP contribution in [0.5, 0.6) is 0 Å². The van der Waals surface area contributed by atoms with Crippen molar-refractivity contribution < 1.29 is 4.39 Å². The normalized spacial score (nSPS) is 25.4. The summed E-state index contributed by atoms with van der Waals surface area (Å²) in [7, 11) is 0. The summed E-state index contributed by atoms with van der Waals surface area (Å²) < 4.78 is 14.7. The fraction of sp³-hybridized carbons (Fsp3) is 0.500. The van der Waals surface area contributed by atoms with Crippen molar-refractivity contribution in [3.8, 4) is 0 Å². The number of nitrogens with two attached hydrogens (primary N) is 1. The van der Waals surface area contributed by atoms with E-state index in [2.05, 4.69) is 28.3 Å². The van der Waals surface area contributed by atoms with Crippen molar-refractivity contribution in [3.05, 3.63) is 33.0 Å². The zero-order valence-electron chi connectivity index (χ0n) is 9.97. The lowest BCUT2D eigenvalue weighted by Crippen LogP contribution is -2.41. The van der Waals surface area contributed by atoms with Crippen LogP contribution in [0.25, 0.3) is 0 Å². The van der Waals surface area contributed by atoms with Crippen molar-refractivity contribution in [1.29, 1.82) is 0 Å². The molecule has 0 aliphatic carbocycles. The summed E-state index contributed by atoms with van der Waals surface area (Å²) in [5.74, 6) is 6.33. The number of nitrogens with one attached hydrogen (secondary N) is 1. The van der Waals surface area contributed by atoms with Gasteiger partial charge in [-0.05, 0) is 47.5 Å². The lowest BCUT2D eigenvalue weighted by molar-refractivity contribution is 0.406. The van der Waals surface area contributed by atoms with E-state index in [1.807, 2.05) is 11.8 Å². The van der Waals surface area contributed by atoms with E-state index < -0.39 is 5.82 Å². The number of hydrogen-bond acceptors (Lipinski definition) is 3. The fourth-order valence-electron chi connectivity index (χ4n) is 2.39. The highest BCUT2D eigenvalue weighted by atomic mass is 79.9. The maximum Gasteiger partial charge on any atom is 0.147 e. The molecular formula is C12H15BrClFN2S. The molecule has 3 N–H and O–H groups in total. The molecule has 0 radical (unpaired) electrons. The second kappa shape index (κ2) is 5.67. The first kappa shape index (κ1) is 14.6. The average Bonchev–Trinajstić information content (AvgIpc) is 2.78. The Balaban J connectivity index is 2.42. The van der Waals surface area contributed by atoms with Gasteiger partial charge in [0.2, 0.25) is 0 Å². The van der Waals surface area contributed by atoms with Crippen molar-refractivity contribution >= 4 is 39.3 Å². The molecule has 2 rings (SSSR count). The van der Waals surface area contributed by atoms with Crippen LogP contribution in [0.15, 0.2) is 16.6 Å². The largest absolute Gasteiger partial charge is 0.271 e. The monoisotopic (exact) mass is 352 g/mol. The summed E-state index contributed by atoms with van der Waals surface area (Å²) in [5, 5.41) is 0.111. The van der Waals surface area contributed by atoms with Gasteiger partial charge in [0, 0.05) is 14.8 Å². The van der Waals surface area contributed by atoms with Crippen LogP contribution >= 0.6 is 39.3 Å². The molecule has 1 aromatic rings. The fourth-order valence-corrected chi connectivity index (χ4v) is 4.27. The minimum atomic E-state index is -0.400. The zero-order chi connectivity index (χ0) is 13.3. The van der Waals surface area contributed by atoms with E-state index in [1.165, 1.54) is 0 Å². The number of hydrogen-bond donors (Lipinski definition) is 2. The van der Waals surface area contributed by atoms with Crippen LogP contribution in [0, 0.1) is 5.82 Å². The Morgan fingerprint density at radius 2 is 2.33 bits per heavy atom. The number of benzene rings is 1. The van der Waals surface area contributed by atoms with Crippen LogP contribution in [0.4, 0.5) is 4.39 Å². The summed E-state index contributed by atoms with van der Waals surface area (Å²) >= 11 is 11.0. The van der Waals surface area contributed by atoms with Gasteiger partial charge in [-0.2, -0.15) is 11.8 Å². The van der Waals surface area contributed by atoms with Crippen molar-refractivity contribution in [1.82, 2.24) is 5.43 Å². The molecule has 0 amide bonds. The Morgan fingerprint density at radius 3 is 2.89 bits per heavy atom. The third-order valence-electron chi connectivity index (χ3n) is 3.40. The summed E-state index contributed by atoms with van der Waals surface area (Å²) in [4.78, 5) is 0. The molecule has 100 valence electrons. The van der Waals surface area contributed by atoms with Crippen LogP contribution in [0.1, 0.15) is 31.4 Å². The second-order valence-corrected chi connectivity index (χ2v) is 7.49. The molecule has 1 heterocycles. The molecule has 18 heavy (non-hydrogen) atoms. The number of halogens is 3. The molecule has 2 atom stereocenters. The van der Waals surface area contributed by atoms with Crippen molar-refractivity contribution in [2.45, 2.75) is 30.6 Å². The molecule has 1 aliphatic rings. The van der Waals surface area contributed by atoms with Crippen molar-refractivity contribution in [2.75, 3.05) is 5.75 Å². The van der Waals surface area contributed by atoms with Gasteiger partial charge in [-0.15, -0.1) is 0 Å². The number of rotatable bonds is 3. The predicted octanol–water partition coefficient (Wildman–Crippen LogP) is 4.03. The van der Waals surface area contributed by atoms with Gasteiger partial charge in [-0.1, -0.05) is 17.7 Å². The van der Waals surface area contributed by atoms with Gasteiger partial charge in [0.1, 0.15) is 5.82 Å². The molecule has 0 spiro atoms. The van der Waals surface area contributed by atoms with Gasteiger partial charge in [0.05, 0.1) is 11.1 Å². The standard InChI is InChI=1S/C12H15BrClFN2S/c1-12(5-2-6-18-12)11(17-16)7-3-4-8(13)9(14)10(7)15/h3-4,11,17H,2,5-6,16H2,1H3. The Bertz CT molecular complexity index is 452. The maximum absolute atomic E-state index is 14.3. The highest BCUT2D eigenvalue weighted by molar-refractivity contribution is 9.10. The summed E-state index contributed by atoms with van der Waals surface area (Å²) in [6.45, 7) is 2.12. The molecule has 2 nitrogen and oxygen atoms in total. The molecule has 2 unspecified atom stereocenters. The average molecular weight is 354 g/mol. The van der Waals surface area contributed by atoms with Gasteiger partial charge < -0.3 is 0 Å². The summed E-state index contributed by atoms with van der Waals surface area (Å²) in [6.07, 6.45) is 2.14. The van der Waals surface area contributed by atoms with E-state index in [-0.39, 0.29) is 15.8 Å². The predicted molar refractivity (Wildman–Crippen MR) is 79.3 cm³/mol. The van der Waals surface area contributed by atoms with E-state index in [1.54, 1.807) is 12.1 Å². The summed E-state index contributed by atoms with van der Waals surface area (Å²) in [5.41, 5.74) is 3.28. The third kappa shape index (κ3) is 2.56. The Kier molecular flexibility index (Phi) is 4.60. The smallest absolute Gasteiger partial charge is 0.147 e. The first-order chi connectivity index (χ1) is 8.49. The van der Waals surface area contributed by atoms with Crippen LogP contribution < -0.4 is 11.3 Å². The van der Waals surface area contributed by atoms with Crippen LogP contribution in [0.2, 0.25) is 5.02 Å². The number of hydrazine groups is 1. The molecule has 0 bridgehead atoms. The molecule has 1 aliphatic heterocycles. The molecule has 0 saturated carbocycles. The SMILES string of the molecule is CC1(C(NN)c2ccc(Br)c(Cl)c2F)CCCS1. The minimum Gasteiger partial charge on any atom is -0.271 e. The van der Waals surface area contributed by atoms with E-state index in [9.17, 15) is 4.39 Å². The molecule has 0 aromatic heterocycles. The van der Waals surface area contributed by atoms with Gasteiger partial charge in [-0.3, -0.25) is 11.3 Å². The lowest BCUT2D eigenvalue weighted by Gasteiger charge is -2.33. The highest BCUT2D eigenvalue weighted by Crippen LogP contribution is 2.47. The van der Waals surface area contributed by atoms with Crippen LogP contribution in [0.3, 0.4) is 0 Å². The lowest BCUT2D eigenvalue weighted by atomic mass is 9.90. The second-order valence-electron chi connectivity index (χ2n) is 4.63. The molecule has 1 fully saturated rings. The highest BCUT2D eigenvalue weighted by Gasteiger charge is 2.39. The van der Waals surface area contributed by atoms with Crippen LogP contribution in [-0.2, 0) is 0 Å². The van der Waals surface area contributed by atoms with Gasteiger partial charge in [0.15, 0.2) is 0 Å². The molecule has 1 saturated heterocycles. The van der Waals surface area contributed by atoms with Gasteiger partial charge >= 0.3 is 0 Å². The van der Waals surface area contributed by atoms with Crippen molar-refractivity contribution in [2.24, 2.45) is 5.84 Å². The quantitative estimate of drug-likeness (QED) is 0.489. The Morgan fingerprint density at radius 1 is 1.61 bits per heavy atom. The third-order valence-corrected chi connectivity index (χ3v) is 6.25. The van der Waals surface area contributed by atoms with E-state index in [0.29, 0.717) is 10.0 Å². The molecule has 6 heteroatoms. The van der Waals surface area contributed by atoms with Crippen LogP contribution in [-0.4, -0.2) is 10.5 Å². The first-order valence-corrected chi connectivity index (χ1v) is 7.89.